The minimum Gasteiger partial charge on any atom is -0.289 e. The maximum Gasteiger partial charge on any atom is 0.243 e. The molecule has 0 spiro atoms. The normalized spacial score (nSPS) is 9.38. The van der Waals surface area contributed by atoms with E-state index >= 15 is 0 Å². The monoisotopic (exact) mass is 190 g/mol. The van der Waals surface area contributed by atoms with Crippen molar-refractivity contribution in [1.82, 2.24) is 11.0 Å². The summed E-state index contributed by atoms with van der Waals surface area (Å²) in [6.45, 7) is 0. The van der Waals surface area contributed by atoms with Crippen molar-refractivity contribution in [3.05, 3.63) is 0 Å². The van der Waals surface area contributed by atoms with Crippen LogP contribution < -0.4 is 11.0 Å². The van der Waals surface area contributed by atoms with E-state index in [4.69, 9.17) is 10.4 Å². The second-order valence-corrected chi connectivity index (χ2v) is 2.63. The van der Waals surface area contributed by atoms with Gasteiger partial charge in [0.2, 0.25) is 11.8 Å². The predicted molar refractivity (Wildman–Crippen MR) is 42.9 cm³/mol. The highest BCUT2D eigenvalue weighted by molar-refractivity contribution is 5.75. The third-order valence-electron chi connectivity index (χ3n) is 1.56. The molecule has 0 aromatic heterocycles. The van der Waals surface area contributed by atoms with Gasteiger partial charge in [0.15, 0.2) is 0 Å². The van der Waals surface area contributed by atoms with E-state index in [1.54, 1.807) is 0 Å². The first kappa shape index (κ1) is 11.9. The smallest absolute Gasteiger partial charge is 0.243 e. The summed E-state index contributed by atoms with van der Waals surface area (Å²) in [7, 11) is 0. The van der Waals surface area contributed by atoms with E-state index in [-0.39, 0.29) is 12.8 Å². The molecule has 0 heterocycles. The first-order valence-electron chi connectivity index (χ1n) is 4.06. The van der Waals surface area contributed by atoms with Crippen molar-refractivity contribution in [3.8, 4) is 0 Å². The fraction of sp³-hybridized carbons (Fsp3) is 0.714. The molecule has 76 valence electrons. The van der Waals surface area contributed by atoms with Crippen LogP contribution in [0, 0.1) is 0 Å². The summed E-state index contributed by atoms with van der Waals surface area (Å²) in [4.78, 5) is 21.0. The Morgan fingerprint density at radius 2 is 1.23 bits per heavy atom. The Balaban J connectivity index is 3.17. The summed E-state index contributed by atoms with van der Waals surface area (Å²) in [5.41, 5.74) is 3.04. The third kappa shape index (κ3) is 7.23. The molecule has 6 heteroatoms. The molecule has 4 N–H and O–H groups in total. The quantitative estimate of drug-likeness (QED) is 0.268. The Morgan fingerprint density at radius 3 is 1.54 bits per heavy atom. The first-order valence-corrected chi connectivity index (χ1v) is 4.06. The lowest BCUT2D eigenvalue weighted by molar-refractivity contribution is -0.129. The number of hydroxylamine groups is 2. The average Bonchev–Trinajstić information content (AvgIpc) is 2.16. The molecule has 2 amide bonds. The van der Waals surface area contributed by atoms with Gasteiger partial charge < -0.3 is 0 Å². The van der Waals surface area contributed by atoms with Gasteiger partial charge in [-0.2, -0.15) is 0 Å². The number of rotatable bonds is 6. The molecule has 0 bridgehead atoms. The number of carbonyl (C=O) groups excluding carboxylic acids is 2. The Hall–Kier alpha value is -1.14. The van der Waals surface area contributed by atoms with Gasteiger partial charge in [-0.15, -0.1) is 0 Å². The number of carbonyl (C=O) groups is 2. The average molecular weight is 190 g/mol. The Kier molecular flexibility index (Phi) is 6.85. The second-order valence-electron chi connectivity index (χ2n) is 2.63. The number of nitrogens with one attached hydrogen (secondary N) is 2. The lowest BCUT2D eigenvalue weighted by Crippen LogP contribution is -2.18. The van der Waals surface area contributed by atoms with Gasteiger partial charge in [-0.05, 0) is 12.8 Å². The van der Waals surface area contributed by atoms with Crippen LogP contribution in [0.1, 0.15) is 32.1 Å². The molecule has 0 aliphatic carbocycles. The van der Waals surface area contributed by atoms with Gasteiger partial charge in [-0.1, -0.05) is 6.42 Å². The maximum atomic E-state index is 10.5. The van der Waals surface area contributed by atoms with Crippen molar-refractivity contribution >= 4 is 11.8 Å². The van der Waals surface area contributed by atoms with Crippen LogP contribution in [-0.2, 0) is 9.59 Å². The summed E-state index contributed by atoms with van der Waals surface area (Å²) in [5.74, 6) is -0.849. The fourth-order valence-corrected chi connectivity index (χ4v) is 0.860. The molecule has 13 heavy (non-hydrogen) atoms. The van der Waals surface area contributed by atoms with Crippen LogP contribution in [0.4, 0.5) is 0 Å². The van der Waals surface area contributed by atoms with Gasteiger partial charge in [-0.25, -0.2) is 11.0 Å². The van der Waals surface area contributed by atoms with Crippen LogP contribution in [-0.4, -0.2) is 22.2 Å². The Morgan fingerprint density at radius 1 is 0.846 bits per heavy atom. The molecule has 0 saturated carbocycles. The van der Waals surface area contributed by atoms with E-state index in [9.17, 15) is 9.59 Å². The summed E-state index contributed by atoms with van der Waals surface area (Å²) < 4.78 is 0. The van der Waals surface area contributed by atoms with Crippen molar-refractivity contribution in [2.75, 3.05) is 0 Å². The third-order valence-corrected chi connectivity index (χ3v) is 1.56. The van der Waals surface area contributed by atoms with Gasteiger partial charge in [0, 0.05) is 12.8 Å². The highest BCUT2D eigenvalue weighted by atomic mass is 16.5. The van der Waals surface area contributed by atoms with Gasteiger partial charge >= 0.3 is 0 Å². The van der Waals surface area contributed by atoms with Gasteiger partial charge in [0.05, 0.1) is 0 Å². The van der Waals surface area contributed by atoms with Gasteiger partial charge in [-0.3, -0.25) is 20.0 Å². The Labute approximate surface area is 75.8 Å². The zero-order chi connectivity index (χ0) is 10.1. The molecule has 0 aliphatic rings. The minimum absolute atomic E-state index is 0.247. The van der Waals surface area contributed by atoms with E-state index < -0.39 is 11.8 Å². The topological polar surface area (TPSA) is 98.7 Å². The zero-order valence-electron chi connectivity index (χ0n) is 7.25. The van der Waals surface area contributed by atoms with Crippen LogP contribution in [0.5, 0.6) is 0 Å². The van der Waals surface area contributed by atoms with E-state index in [0.29, 0.717) is 19.3 Å². The molecule has 0 atom stereocenters. The number of unbranched alkanes of at least 4 members (excludes halogenated alkanes) is 2. The minimum atomic E-state index is -0.424. The standard InChI is InChI=1S/C7H14N2O4/c10-6(8-12)4-2-1-3-5-7(11)9-13/h12-13H,1-5H2,(H,8,10)(H,9,11). The van der Waals surface area contributed by atoms with Gasteiger partial charge in [0.1, 0.15) is 0 Å². The predicted octanol–water partition coefficient (Wildman–Crippen LogP) is -0.0523. The van der Waals surface area contributed by atoms with E-state index in [1.165, 1.54) is 11.0 Å². The molecule has 0 unspecified atom stereocenters. The summed E-state index contributed by atoms with van der Waals surface area (Å²) in [6.07, 6.45) is 2.44. The van der Waals surface area contributed by atoms with Crippen molar-refractivity contribution < 1.29 is 20.0 Å². The molecule has 0 saturated heterocycles. The van der Waals surface area contributed by atoms with Crippen LogP contribution in [0.2, 0.25) is 0 Å². The van der Waals surface area contributed by atoms with Crippen LogP contribution >= 0.6 is 0 Å². The van der Waals surface area contributed by atoms with Crippen molar-refractivity contribution in [3.63, 3.8) is 0 Å². The number of amides is 2. The molecule has 0 aliphatic heterocycles. The highest BCUT2D eigenvalue weighted by Crippen LogP contribution is 2.02. The molecule has 0 rings (SSSR count). The van der Waals surface area contributed by atoms with Crippen LogP contribution in [0.25, 0.3) is 0 Å². The highest BCUT2D eigenvalue weighted by Gasteiger charge is 2.00. The summed E-state index contributed by atoms with van der Waals surface area (Å²) >= 11 is 0. The number of hydrogen-bond acceptors (Lipinski definition) is 4. The van der Waals surface area contributed by atoms with E-state index in [0.717, 1.165) is 0 Å². The van der Waals surface area contributed by atoms with Crippen LogP contribution in [0.3, 0.4) is 0 Å². The van der Waals surface area contributed by atoms with Crippen molar-refractivity contribution in [2.45, 2.75) is 32.1 Å². The fourth-order valence-electron chi connectivity index (χ4n) is 0.860. The van der Waals surface area contributed by atoms with Crippen molar-refractivity contribution in [1.29, 1.82) is 0 Å². The van der Waals surface area contributed by atoms with Gasteiger partial charge in [0.25, 0.3) is 0 Å². The second kappa shape index (κ2) is 7.51. The Bertz CT molecular complexity index is 154. The SMILES string of the molecule is O=C(CCCCCC(=O)NO)NO. The van der Waals surface area contributed by atoms with Crippen LogP contribution in [0.15, 0.2) is 0 Å². The zero-order valence-corrected chi connectivity index (χ0v) is 7.25. The summed E-state index contributed by atoms with van der Waals surface area (Å²) in [5, 5.41) is 16.2. The molecule has 0 radical (unpaired) electrons. The van der Waals surface area contributed by atoms with Crippen molar-refractivity contribution in [2.24, 2.45) is 0 Å². The summed E-state index contributed by atoms with van der Waals surface area (Å²) in [6, 6.07) is 0. The lowest BCUT2D eigenvalue weighted by Gasteiger charge is -1.99. The molecular weight excluding hydrogens is 176 g/mol. The molecular formula is C7H14N2O4. The largest absolute Gasteiger partial charge is 0.289 e. The number of hydrogen-bond donors (Lipinski definition) is 4. The van der Waals surface area contributed by atoms with E-state index in [2.05, 4.69) is 0 Å². The lowest BCUT2D eigenvalue weighted by atomic mass is 10.1. The molecule has 0 aromatic carbocycles. The molecule has 0 aromatic rings. The molecule has 0 fully saturated rings. The maximum absolute atomic E-state index is 10.5. The first-order chi connectivity index (χ1) is 6.20. The van der Waals surface area contributed by atoms with E-state index in [1.807, 2.05) is 0 Å². The molecule has 6 nitrogen and oxygen atoms in total.